The number of nitrogens with zero attached hydrogens (tertiary/aromatic N) is 2. The van der Waals surface area contributed by atoms with Gasteiger partial charge in [0.15, 0.2) is 0 Å². The highest BCUT2D eigenvalue weighted by Crippen LogP contribution is 2.16. The van der Waals surface area contributed by atoms with Gasteiger partial charge in [-0.2, -0.15) is 0 Å². The van der Waals surface area contributed by atoms with E-state index in [1.165, 1.54) is 11.3 Å². The van der Waals surface area contributed by atoms with E-state index in [1.807, 2.05) is 6.92 Å². The van der Waals surface area contributed by atoms with Crippen molar-refractivity contribution in [1.82, 2.24) is 14.9 Å². The van der Waals surface area contributed by atoms with Gasteiger partial charge in [-0.25, -0.2) is 13.1 Å². The Morgan fingerprint density at radius 1 is 1.25 bits per heavy atom. The maximum atomic E-state index is 12.1. The summed E-state index contributed by atoms with van der Waals surface area (Å²) in [7, 11) is -3.54. The number of hydrogen-bond donors (Lipinski definition) is 2. The molecule has 2 N–H and O–H groups in total. The molecule has 0 unspecified atom stereocenters. The second-order valence-electron chi connectivity index (χ2n) is 4.95. The van der Waals surface area contributed by atoms with Gasteiger partial charge in [0.25, 0.3) is 0 Å². The van der Waals surface area contributed by atoms with E-state index in [-0.39, 0.29) is 29.6 Å². The van der Waals surface area contributed by atoms with Crippen LogP contribution in [-0.2, 0) is 21.2 Å². The van der Waals surface area contributed by atoms with E-state index in [0.29, 0.717) is 16.6 Å². The SMILES string of the molecule is Cc1ccc(S(=O)(=O)NCCc2nnc(NC(=O)CCCl)s2)cc1. The summed E-state index contributed by atoms with van der Waals surface area (Å²) in [5, 5.41) is 11.3. The fourth-order valence-corrected chi connectivity index (χ4v) is 3.72. The molecule has 1 aromatic heterocycles. The van der Waals surface area contributed by atoms with Crippen molar-refractivity contribution in [3.05, 3.63) is 34.8 Å². The number of alkyl halides is 1. The van der Waals surface area contributed by atoms with Crippen LogP contribution in [-0.4, -0.2) is 36.9 Å². The summed E-state index contributed by atoms with van der Waals surface area (Å²) in [5.41, 5.74) is 0.992. The van der Waals surface area contributed by atoms with Crippen LogP contribution in [0.1, 0.15) is 17.0 Å². The van der Waals surface area contributed by atoms with Gasteiger partial charge in [0.1, 0.15) is 5.01 Å². The predicted molar refractivity (Wildman–Crippen MR) is 93.9 cm³/mol. The predicted octanol–water partition coefficient (Wildman–Crippen LogP) is 1.93. The number of nitrogens with one attached hydrogen (secondary N) is 2. The molecule has 0 atom stereocenters. The van der Waals surface area contributed by atoms with Crippen molar-refractivity contribution in [2.24, 2.45) is 0 Å². The molecule has 0 fully saturated rings. The zero-order valence-corrected chi connectivity index (χ0v) is 15.3. The smallest absolute Gasteiger partial charge is 0.240 e. The Kier molecular flexibility index (Phi) is 6.67. The third kappa shape index (κ3) is 5.52. The average molecular weight is 389 g/mol. The molecule has 1 aromatic carbocycles. The van der Waals surface area contributed by atoms with E-state index < -0.39 is 10.0 Å². The highest BCUT2D eigenvalue weighted by Gasteiger charge is 2.14. The molecule has 2 rings (SSSR count). The van der Waals surface area contributed by atoms with Crippen molar-refractivity contribution in [2.45, 2.75) is 24.7 Å². The molecule has 0 saturated heterocycles. The standard InChI is InChI=1S/C14H17ClN4O3S2/c1-10-2-4-11(5-3-10)24(21,22)16-9-7-13-18-19-14(23-13)17-12(20)6-8-15/h2-5,16H,6-9H2,1H3,(H,17,19,20). The molecular weight excluding hydrogens is 372 g/mol. The lowest BCUT2D eigenvalue weighted by Gasteiger charge is -2.05. The second kappa shape index (κ2) is 8.52. The number of carbonyl (C=O) groups is 1. The molecule has 0 spiro atoms. The number of amides is 1. The summed E-state index contributed by atoms with van der Waals surface area (Å²) in [6, 6.07) is 6.62. The average Bonchev–Trinajstić information content (AvgIpc) is 2.95. The summed E-state index contributed by atoms with van der Waals surface area (Å²) in [4.78, 5) is 11.6. The Morgan fingerprint density at radius 2 is 1.96 bits per heavy atom. The van der Waals surface area contributed by atoms with E-state index in [9.17, 15) is 13.2 Å². The third-order valence-corrected chi connectivity index (χ3v) is 5.56. The maximum absolute atomic E-state index is 12.1. The molecule has 24 heavy (non-hydrogen) atoms. The molecule has 1 heterocycles. The molecule has 0 radical (unpaired) electrons. The number of carbonyl (C=O) groups excluding carboxylic acids is 1. The van der Waals surface area contributed by atoms with E-state index in [0.717, 1.165) is 5.56 Å². The molecular formula is C14H17ClN4O3S2. The van der Waals surface area contributed by atoms with Gasteiger partial charge in [0.2, 0.25) is 21.1 Å². The van der Waals surface area contributed by atoms with Gasteiger partial charge in [-0.15, -0.1) is 21.8 Å². The lowest BCUT2D eigenvalue weighted by molar-refractivity contribution is -0.115. The number of rotatable bonds is 8. The molecule has 130 valence electrons. The van der Waals surface area contributed by atoms with E-state index in [1.54, 1.807) is 24.3 Å². The van der Waals surface area contributed by atoms with E-state index in [4.69, 9.17) is 11.6 Å². The van der Waals surface area contributed by atoms with Gasteiger partial charge in [0.05, 0.1) is 4.90 Å². The number of benzene rings is 1. The largest absolute Gasteiger partial charge is 0.300 e. The first kappa shape index (κ1) is 18.8. The van der Waals surface area contributed by atoms with Crippen molar-refractivity contribution in [3.8, 4) is 0 Å². The zero-order chi connectivity index (χ0) is 17.6. The minimum atomic E-state index is -3.54. The number of aromatic nitrogens is 2. The van der Waals surface area contributed by atoms with Crippen LogP contribution in [0.25, 0.3) is 0 Å². The normalized spacial score (nSPS) is 11.4. The summed E-state index contributed by atoms with van der Waals surface area (Å²) in [6.45, 7) is 2.09. The van der Waals surface area contributed by atoms with Crippen molar-refractivity contribution in [1.29, 1.82) is 0 Å². The van der Waals surface area contributed by atoms with Crippen LogP contribution < -0.4 is 10.0 Å². The Balaban J connectivity index is 1.86. The minimum absolute atomic E-state index is 0.195. The number of sulfonamides is 1. The van der Waals surface area contributed by atoms with Gasteiger partial charge in [-0.1, -0.05) is 29.0 Å². The first-order valence-electron chi connectivity index (χ1n) is 7.15. The van der Waals surface area contributed by atoms with E-state index in [2.05, 4.69) is 20.2 Å². The van der Waals surface area contributed by atoms with Gasteiger partial charge in [0, 0.05) is 25.3 Å². The Bertz CT molecular complexity index is 791. The molecule has 2 aromatic rings. The molecule has 0 aliphatic carbocycles. The van der Waals surface area contributed by atoms with Crippen LogP contribution in [0.3, 0.4) is 0 Å². The van der Waals surface area contributed by atoms with E-state index >= 15 is 0 Å². The topological polar surface area (TPSA) is 101 Å². The van der Waals surface area contributed by atoms with Gasteiger partial charge in [-0.05, 0) is 19.1 Å². The van der Waals surface area contributed by atoms with Crippen LogP contribution in [0.15, 0.2) is 29.2 Å². The first-order valence-corrected chi connectivity index (χ1v) is 9.98. The fourth-order valence-electron chi connectivity index (χ4n) is 1.77. The lowest BCUT2D eigenvalue weighted by Crippen LogP contribution is -2.25. The highest BCUT2D eigenvalue weighted by molar-refractivity contribution is 7.89. The minimum Gasteiger partial charge on any atom is -0.300 e. The van der Waals surface area contributed by atoms with Crippen molar-refractivity contribution in [3.63, 3.8) is 0 Å². The van der Waals surface area contributed by atoms with Gasteiger partial charge >= 0.3 is 0 Å². The Labute approximate surface area is 149 Å². The highest BCUT2D eigenvalue weighted by atomic mass is 35.5. The number of halogens is 1. The molecule has 10 heteroatoms. The molecule has 0 aliphatic heterocycles. The molecule has 7 nitrogen and oxygen atoms in total. The second-order valence-corrected chi connectivity index (χ2v) is 8.16. The fraction of sp³-hybridized carbons (Fsp3) is 0.357. The third-order valence-electron chi connectivity index (χ3n) is 3.00. The van der Waals surface area contributed by atoms with Crippen LogP contribution in [0.5, 0.6) is 0 Å². The van der Waals surface area contributed by atoms with Crippen molar-refractivity contribution >= 4 is 44.0 Å². The summed E-state index contributed by atoms with van der Waals surface area (Å²) < 4.78 is 26.8. The summed E-state index contributed by atoms with van der Waals surface area (Å²) >= 11 is 6.68. The quantitative estimate of drug-likeness (QED) is 0.673. The molecule has 0 saturated carbocycles. The Hall–Kier alpha value is -1.55. The van der Waals surface area contributed by atoms with Crippen molar-refractivity contribution < 1.29 is 13.2 Å². The van der Waals surface area contributed by atoms with Crippen LogP contribution in [0.4, 0.5) is 5.13 Å². The molecule has 0 aliphatic rings. The zero-order valence-electron chi connectivity index (χ0n) is 13.0. The van der Waals surface area contributed by atoms with Crippen LogP contribution in [0, 0.1) is 6.92 Å². The van der Waals surface area contributed by atoms with Gasteiger partial charge in [-0.3, -0.25) is 4.79 Å². The maximum Gasteiger partial charge on any atom is 0.240 e. The summed E-state index contributed by atoms with van der Waals surface area (Å²) in [5.74, 6) is 0.00550. The van der Waals surface area contributed by atoms with Crippen molar-refractivity contribution in [2.75, 3.05) is 17.7 Å². The molecule has 0 bridgehead atoms. The molecule has 1 amide bonds. The first-order chi connectivity index (χ1) is 11.4. The van der Waals surface area contributed by atoms with Crippen LogP contribution >= 0.6 is 22.9 Å². The lowest BCUT2D eigenvalue weighted by atomic mass is 10.2. The van der Waals surface area contributed by atoms with Gasteiger partial charge < -0.3 is 5.32 Å². The Morgan fingerprint density at radius 3 is 2.62 bits per heavy atom. The summed E-state index contributed by atoms with van der Waals surface area (Å²) in [6.07, 6.45) is 0.584. The number of hydrogen-bond acceptors (Lipinski definition) is 6. The van der Waals surface area contributed by atoms with Crippen LogP contribution in [0.2, 0.25) is 0 Å². The monoisotopic (exact) mass is 388 g/mol. The number of anilines is 1. The number of aryl methyl sites for hydroxylation is 1.